The van der Waals surface area contributed by atoms with Gasteiger partial charge in [-0.1, -0.05) is 23.9 Å². The number of hydrogen-bond acceptors (Lipinski definition) is 8. The maximum Gasteiger partial charge on any atom is 0.238 e. The smallest absolute Gasteiger partial charge is 0.238 e. The van der Waals surface area contributed by atoms with Crippen LogP contribution < -0.4 is 15.2 Å². The number of nitrogens with one attached hydrogen (secondary N) is 1. The van der Waals surface area contributed by atoms with E-state index >= 15 is 0 Å². The fourth-order valence-corrected chi connectivity index (χ4v) is 4.56. The quantitative estimate of drug-likeness (QED) is 0.308. The molecule has 0 spiro atoms. The van der Waals surface area contributed by atoms with Crippen LogP contribution in [0.5, 0.6) is 5.75 Å². The summed E-state index contributed by atoms with van der Waals surface area (Å²) in [5.41, 5.74) is 1.68. The van der Waals surface area contributed by atoms with E-state index in [1.165, 1.54) is 23.9 Å². The second kappa shape index (κ2) is 10.8. The minimum absolute atomic E-state index is 0.0524. The molecule has 10 nitrogen and oxygen atoms in total. The molecule has 182 valence electrons. The van der Waals surface area contributed by atoms with Crippen LogP contribution in [-0.2, 0) is 21.2 Å². The Kier molecular flexibility index (Phi) is 7.54. The number of hydrogen-bond donors (Lipinski definition) is 2. The summed E-state index contributed by atoms with van der Waals surface area (Å²) in [5, 5.41) is 17.0. The number of carbonyl (C=O) groups is 1. The molecule has 0 saturated carbocycles. The van der Waals surface area contributed by atoms with Crippen molar-refractivity contribution in [2.24, 2.45) is 5.14 Å². The van der Waals surface area contributed by atoms with Crippen LogP contribution in [0.25, 0.3) is 17.3 Å². The summed E-state index contributed by atoms with van der Waals surface area (Å²) in [7, 11) is -2.13. The van der Waals surface area contributed by atoms with Gasteiger partial charge in [0.05, 0.1) is 29.7 Å². The number of aromatic nitrogens is 3. The highest BCUT2D eigenvalue weighted by atomic mass is 32.2. The number of sulfonamides is 1. The Balaban J connectivity index is 1.39. The van der Waals surface area contributed by atoms with Gasteiger partial charge < -0.3 is 14.5 Å². The molecule has 0 bridgehead atoms. The van der Waals surface area contributed by atoms with Gasteiger partial charge in [0.25, 0.3) is 0 Å². The number of furan rings is 1. The van der Waals surface area contributed by atoms with Crippen molar-refractivity contribution in [3.8, 4) is 23.0 Å². The average Bonchev–Trinajstić information content (AvgIpc) is 3.52. The number of nitrogens with zero attached hydrogens (tertiary/aromatic N) is 3. The van der Waals surface area contributed by atoms with Gasteiger partial charge in [-0.2, -0.15) is 0 Å². The number of carbonyl (C=O) groups excluding carboxylic acids is 1. The van der Waals surface area contributed by atoms with E-state index in [1.807, 2.05) is 28.8 Å². The van der Waals surface area contributed by atoms with Crippen LogP contribution in [0.2, 0.25) is 0 Å². The number of benzene rings is 2. The third-order valence-electron chi connectivity index (χ3n) is 5.03. The fraction of sp³-hybridized carbons (Fsp3) is 0.174. The molecular weight excluding hydrogens is 490 g/mol. The molecule has 0 aliphatic heterocycles. The predicted molar refractivity (Wildman–Crippen MR) is 131 cm³/mol. The van der Waals surface area contributed by atoms with Crippen molar-refractivity contribution in [1.29, 1.82) is 0 Å². The third-order valence-corrected chi connectivity index (χ3v) is 6.88. The zero-order valence-corrected chi connectivity index (χ0v) is 20.4. The van der Waals surface area contributed by atoms with Gasteiger partial charge in [0.15, 0.2) is 10.9 Å². The summed E-state index contributed by atoms with van der Waals surface area (Å²) in [6, 6.07) is 17.2. The molecule has 2 heterocycles. The number of nitrogens with two attached hydrogens (primary N) is 1. The lowest BCUT2D eigenvalue weighted by molar-refractivity contribution is -0.118. The molecule has 4 aromatic rings. The van der Waals surface area contributed by atoms with E-state index < -0.39 is 10.0 Å². The Labute approximate surface area is 206 Å². The molecule has 12 heteroatoms. The molecule has 4 rings (SSSR count). The molecule has 35 heavy (non-hydrogen) atoms. The van der Waals surface area contributed by atoms with Gasteiger partial charge in [-0.05, 0) is 60.5 Å². The first kappa shape index (κ1) is 24.5. The van der Waals surface area contributed by atoms with Gasteiger partial charge in [-0.3, -0.25) is 9.36 Å². The molecule has 0 fully saturated rings. The van der Waals surface area contributed by atoms with Crippen LogP contribution >= 0.6 is 11.8 Å². The summed E-state index contributed by atoms with van der Waals surface area (Å²) in [4.78, 5) is 12.5. The van der Waals surface area contributed by atoms with Gasteiger partial charge in [-0.15, -0.1) is 10.2 Å². The van der Waals surface area contributed by atoms with Crippen LogP contribution in [0.4, 0.5) is 0 Å². The first-order valence-corrected chi connectivity index (χ1v) is 13.0. The monoisotopic (exact) mass is 513 g/mol. The number of methoxy groups -OCH3 is 1. The van der Waals surface area contributed by atoms with Crippen molar-refractivity contribution in [2.75, 3.05) is 19.4 Å². The number of ether oxygens (including phenoxy) is 1. The highest BCUT2D eigenvalue weighted by Gasteiger charge is 2.19. The molecule has 0 radical (unpaired) electrons. The van der Waals surface area contributed by atoms with Gasteiger partial charge >= 0.3 is 0 Å². The van der Waals surface area contributed by atoms with Crippen LogP contribution in [0.3, 0.4) is 0 Å². The third kappa shape index (κ3) is 6.10. The lowest BCUT2D eigenvalue weighted by Gasteiger charge is -2.10. The lowest BCUT2D eigenvalue weighted by atomic mass is 10.1. The van der Waals surface area contributed by atoms with Crippen LogP contribution in [0.15, 0.2) is 81.4 Å². The van der Waals surface area contributed by atoms with Crippen molar-refractivity contribution < 1.29 is 22.4 Å². The molecule has 0 saturated heterocycles. The topological polar surface area (TPSA) is 142 Å². The normalized spacial score (nSPS) is 11.4. The summed E-state index contributed by atoms with van der Waals surface area (Å²) >= 11 is 1.25. The predicted octanol–water partition coefficient (Wildman–Crippen LogP) is 2.63. The zero-order chi connectivity index (χ0) is 24.8. The van der Waals surface area contributed by atoms with Gasteiger partial charge in [-0.25, -0.2) is 13.6 Å². The SMILES string of the molecule is COc1ccc(-n2c(SCC(=O)NCCc3ccc(S(N)(=O)=O)cc3)nnc2-c2ccco2)cc1. The van der Waals surface area contributed by atoms with E-state index in [0.29, 0.717) is 35.5 Å². The van der Waals surface area contributed by atoms with Gasteiger partial charge in [0, 0.05) is 6.54 Å². The Hall–Kier alpha value is -3.61. The van der Waals surface area contributed by atoms with Gasteiger partial charge in [0.2, 0.25) is 21.8 Å². The summed E-state index contributed by atoms with van der Waals surface area (Å²) in [6.07, 6.45) is 2.11. The number of thioether (sulfide) groups is 1. The minimum atomic E-state index is -3.72. The van der Waals surface area contributed by atoms with Crippen molar-refractivity contribution in [2.45, 2.75) is 16.5 Å². The molecule has 2 aromatic carbocycles. The average molecular weight is 514 g/mol. The van der Waals surface area contributed by atoms with Crippen molar-refractivity contribution >= 4 is 27.7 Å². The summed E-state index contributed by atoms with van der Waals surface area (Å²) in [5.74, 6) is 1.76. The van der Waals surface area contributed by atoms with Crippen molar-refractivity contribution in [3.63, 3.8) is 0 Å². The first-order chi connectivity index (χ1) is 16.8. The van der Waals surface area contributed by atoms with E-state index in [4.69, 9.17) is 14.3 Å². The van der Waals surface area contributed by atoms with E-state index in [1.54, 1.807) is 37.6 Å². The Morgan fingerprint density at radius 3 is 2.49 bits per heavy atom. The Bertz CT molecular complexity index is 1380. The molecule has 3 N–H and O–H groups in total. The number of amides is 1. The first-order valence-electron chi connectivity index (χ1n) is 10.5. The van der Waals surface area contributed by atoms with Crippen LogP contribution in [0.1, 0.15) is 5.56 Å². The lowest BCUT2D eigenvalue weighted by Crippen LogP contribution is -2.27. The van der Waals surface area contributed by atoms with Crippen molar-refractivity contribution in [1.82, 2.24) is 20.1 Å². The molecule has 0 unspecified atom stereocenters. The molecule has 0 atom stereocenters. The van der Waals surface area contributed by atoms with E-state index in [9.17, 15) is 13.2 Å². The van der Waals surface area contributed by atoms with Crippen LogP contribution in [0, 0.1) is 0 Å². The fourth-order valence-electron chi connectivity index (χ4n) is 3.27. The zero-order valence-electron chi connectivity index (χ0n) is 18.7. The Morgan fingerprint density at radius 2 is 1.86 bits per heavy atom. The number of rotatable bonds is 10. The van der Waals surface area contributed by atoms with Gasteiger partial charge in [0.1, 0.15) is 5.75 Å². The van der Waals surface area contributed by atoms with E-state index in [0.717, 1.165) is 11.3 Å². The largest absolute Gasteiger partial charge is 0.497 e. The maximum atomic E-state index is 12.4. The second-order valence-corrected chi connectivity index (χ2v) is 9.90. The summed E-state index contributed by atoms with van der Waals surface area (Å²) < 4.78 is 35.3. The molecule has 0 aliphatic carbocycles. The number of primary sulfonamides is 1. The Morgan fingerprint density at radius 1 is 1.11 bits per heavy atom. The standard InChI is InChI=1S/C23H23N5O5S2/c1-32-18-8-6-17(7-9-18)28-22(20-3-2-14-33-20)26-27-23(28)34-15-21(29)25-13-12-16-4-10-19(11-5-16)35(24,30)31/h2-11,14H,12-13,15H2,1H3,(H,25,29)(H2,24,30,31). The molecule has 0 aliphatic rings. The second-order valence-electron chi connectivity index (χ2n) is 7.39. The summed E-state index contributed by atoms with van der Waals surface area (Å²) in [6.45, 7) is 0.400. The highest BCUT2D eigenvalue weighted by molar-refractivity contribution is 7.99. The molecular formula is C23H23N5O5S2. The minimum Gasteiger partial charge on any atom is -0.497 e. The maximum absolute atomic E-state index is 12.4. The van der Waals surface area contributed by atoms with E-state index in [-0.39, 0.29) is 16.6 Å². The molecule has 2 aromatic heterocycles. The van der Waals surface area contributed by atoms with E-state index in [2.05, 4.69) is 15.5 Å². The van der Waals surface area contributed by atoms with Crippen molar-refractivity contribution in [3.05, 3.63) is 72.5 Å². The highest BCUT2D eigenvalue weighted by Crippen LogP contribution is 2.29. The van der Waals surface area contributed by atoms with Crippen LogP contribution in [-0.4, -0.2) is 48.5 Å². The molecule has 1 amide bonds.